The predicted octanol–water partition coefficient (Wildman–Crippen LogP) is 2.52. The van der Waals surface area contributed by atoms with Gasteiger partial charge in [-0.25, -0.2) is 9.59 Å². The van der Waals surface area contributed by atoms with Crippen molar-refractivity contribution in [1.29, 1.82) is 0 Å². The Bertz CT molecular complexity index is 467. The fraction of sp³-hybridized carbons (Fsp3) is 0.867. The van der Waals surface area contributed by atoms with Gasteiger partial charge in [-0.1, -0.05) is 0 Å². The fourth-order valence-electron chi connectivity index (χ4n) is 4.94. The van der Waals surface area contributed by atoms with Crippen LogP contribution in [0.1, 0.15) is 38.5 Å². The van der Waals surface area contributed by atoms with Crippen molar-refractivity contribution < 1.29 is 27.9 Å². The molecule has 23 heavy (non-hydrogen) atoms. The zero-order valence-corrected chi connectivity index (χ0v) is 12.6. The molecule has 130 valence electrons. The highest BCUT2D eigenvalue weighted by atomic mass is 19.4. The summed E-state index contributed by atoms with van der Waals surface area (Å²) >= 11 is 0. The Morgan fingerprint density at radius 3 is 2.00 bits per heavy atom. The van der Waals surface area contributed by atoms with Gasteiger partial charge in [0.25, 0.3) is 0 Å². The minimum absolute atomic E-state index is 0.0388. The van der Waals surface area contributed by atoms with E-state index in [9.17, 15) is 22.8 Å². The summed E-state index contributed by atoms with van der Waals surface area (Å²) in [6.45, 7) is 0. The van der Waals surface area contributed by atoms with Crippen molar-refractivity contribution in [3.05, 3.63) is 0 Å². The molecule has 4 aliphatic carbocycles. The first-order valence-electron chi connectivity index (χ1n) is 8.08. The number of halogens is 3. The van der Waals surface area contributed by atoms with Crippen LogP contribution in [0.2, 0.25) is 0 Å². The zero-order valence-electron chi connectivity index (χ0n) is 12.6. The molecule has 0 radical (unpaired) electrons. The van der Waals surface area contributed by atoms with Gasteiger partial charge >= 0.3 is 18.2 Å². The van der Waals surface area contributed by atoms with E-state index in [0.29, 0.717) is 11.8 Å². The molecule has 0 saturated heterocycles. The minimum Gasteiger partial charge on any atom is -0.480 e. The Hall–Kier alpha value is -1.47. The van der Waals surface area contributed by atoms with Crippen LogP contribution in [0.3, 0.4) is 0 Å². The van der Waals surface area contributed by atoms with Gasteiger partial charge in [0, 0.05) is 6.04 Å². The molecule has 2 amide bonds. The van der Waals surface area contributed by atoms with Gasteiger partial charge in [0.15, 0.2) is 0 Å². The standard InChI is InChI=1S/C15H21F3N2O3/c16-15(17,18)6-11(13(21)22)19-14(23)20-12-9-2-7-1-8(4-9)5-10(12)3-7/h7-12H,1-6H2,(H,21,22)(H2,19,20,23). The third kappa shape index (κ3) is 3.72. The summed E-state index contributed by atoms with van der Waals surface area (Å²) in [4.78, 5) is 22.9. The summed E-state index contributed by atoms with van der Waals surface area (Å²) in [5, 5.41) is 13.6. The second kappa shape index (κ2) is 5.87. The molecule has 4 rings (SSSR count). The number of aliphatic carboxylic acids is 1. The van der Waals surface area contributed by atoms with Crippen molar-refractivity contribution in [3.63, 3.8) is 0 Å². The van der Waals surface area contributed by atoms with Gasteiger partial charge in [0.05, 0.1) is 6.42 Å². The van der Waals surface area contributed by atoms with E-state index in [1.165, 1.54) is 6.42 Å². The van der Waals surface area contributed by atoms with E-state index < -0.39 is 30.6 Å². The Labute approximate surface area is 132 Å². The van der Waals surface area contributed by atoms with Crippen molar-refractivity contribution in [2.24, 2.45) is 23.7 Å². The van der Waals surface area contributed by atoms with Gasteiger partial charge in [-0.2, -0.15) is 13.2 Å². The molecule has 0 spiro atoms. The Kier molecular flexibility index (Phi) is 4.18. The van der Waals surface area contributed by atoms with Crippen molar-refractivity contribution >= 4 is 12.0 Å². The number of carbonyl (C=O) groups is 2. The summed E-state index contributed by atoms with van der Waals surface area (Å²) in [7, 11) is 0. The summed E-state index contributed by atoms with van der Waals surface area (Å²) in [5.41, 5.74) is 0. The van der Waals surface area contributed by atoms with Crippen LogP contribution in [0.5, 0.6) is 0 Å². The number of carboxylic acid groups (broad SMARTS) is 1. The monoisotopic (exact) mass is 334 g/mol. The van der Waals surface area contributed by atoms with Crippen LogP contribution in [0.25, 0.3) is 0 Å². The maximum atomic E-state index is 12.4. The second-order valence-electron chi connectivity index (χ2n) is 7.28. The molecule has 4 bridgehead atoms. The van der Waals surface area contributed by atoms with Crippen LogP contribution >= 0.6 is 0 Å². The number of carboxylic acids is 1. The number of hydrogen-bond acceptors (Lipinski definition) is 2. The molecule has 5 nitrogen and oxygen atoms in total. The van der Waals surface area contributed by atoms with Crippen molar-refractivity contribution in [3.8, 4) is 0 Å². The van der Waals surface area contributed by atoms with Crippen LogP contribution in [0.4, 0.5) is 18.0 Å². The second-order valence-corrected chi connectivity index (χ2v) is 7.28. The van der Waals surface area contributed by atoms with Crippen LogP contribution in [0, 0.1) is 23.7 Å². The Morgan fingerprint density at radius 1 is 1.04 bits per heavy atom. The molecule has 0 aromatic rings. The van der Waals surface area contributed by atoms with Gasteiger partial charge in [0.2, 0.25) is 0 Å². The molecular weight excluding hydrogens is 313 g/mol. The topological polar surface area (TPSA) is 78.4 Å². The SMILES string of the molecule is O=C(NC(CC(F)(F)F)C(=O)O)NC1C2CC3CC(C2)CC1C3. The minimum atomic E-state index is -4.64. The highest BCUT2D eigenvalue weighted by Crippen LogP contribution is 2.53. The maximum Gasteiger partial charge on any atom is 0.391 e. The number of amides is 2. The molecule has 0 aromatic carbocycles. The van der Waals surface area contributed by atoms with Crippen molar-refractivity contribution in [2.75, 3.05) is 0 Å². The van der Waals surface area contributed by atoms with Gasteiger partial charge in [-0.3, -0.25) is 0 Å². The van der Waals surface area contributed by atoms with Crippen LogP contribution in [0.15, 0.2) is 0 Å². The number of hydrogen-bond donors (Lipinski definition) is 3. The van der Waals surface area contributed by atoms with Gasteiger partial charge in [-0.05, 0) is 55.8 Å². The smallest absolute Gasteiger partial charge is 0.391 e. The number of urea groups is 1. The number of carbonyl (C=O) groups excluding carboxylic acids is 1. The van der Waals surface area contributed by atoms with Gasteiger partial charge in [-0.15, -0.1) is 0 Å². The molecule has 0 aliphatic heterocycles. The third-order valence-electron chi connectivity index (χ3n) is 5.56. The summed E-state index contributed by atoms with van der Waals surface area (Å²) in [6, 6.07) is -2.80. The molecule has 3 N–H and O–H groups in total. The summed E-state index contributed by atoms with van der Waals surface area (Å²) in [6.07, 6.45) is -0.716. The van der Waals surface area contributed by atoms with E-state index in [1.807, 2.05) is 5.32 Å². The first-order valence-corrected chi connectivity index (χ1v) is 8.08. The molecule has 8 heteroatoms. The largest absolute Gasteiger partial charge is 0.480 e. The predicted molar refractivity (Wildman–Crippen MR) is 74.6 cm³/mol. The average molecular weight is 334 g/mol. The quantitative estimate of drug-likeness (QED) is 0.739. The molecule has 1 unspecified atom stereocenters. The lowest BCUT2D eigenvalue weighted by atomic mass is 9.54. The third-order valence-corrected chi connectivity index (χ3v) is 5.56. The van der Waals surface area contributed by atoms with Crippen LogP contribution < -0.4 is 10.6 Å². The lowest BCUT2D eigenvalue weighted by Gasteiger charge is -2.54. The lowest BCUT2D eigenvalue weighted by molar-refractivity contribution is -0.157. The maximum absolute atomic E-state index is 12.4. The first-order chi connectivity index (χ1) is 10.7. The molecule has 0 aromatic heterocycles. The number of nitrogens with one attached hydrogen (secondary N) is 2. The number of rotatable bonds is 4. The fourth-order valence-corrected chi connectivity index (χ4v) is 4.94. The van der Waals surface area contributed by atoms with E-state index in [-0.39, 0.29) is 6.04 Å². The van der Waals surface area contributed by atoms with E-state index in [1.54, 1.807) is 0 Å². The molecule has 4 saturated carbocycles. The normalized spacial score (nSPS) is 36.6. The highest BCUT2D eigenvalue weighted by Gasteiger charge is 2.48. The molecule has 0 heterocycles. The van der Waals surface area contributed by atoms with E-state index in [0.717, 1.165) is 37.5 Å². The Morgan fingerprint density at radius 2 is 1.57 bits per heavy atom. The first kappa shape index (κ1) is 16.4. The average Bonchev–Trinajstić information content (AvgIpc) is 2.39. The molecule has 4 aliphatic rings. The summed E-state index contributed by atoms with van der Waals surface area (Å²) < 4.78 is 37.1. The van der Waals surface area contributed by atoms with E-state index in [2.05, 4.69) is 5.32 Å². The van der Waals surface area contributed by atoms with Crippen molar-refractivity contribution in [1.82, 2.24) is 10.6 Å². The highest BCUT2D eigenvalue weighted by molar-refractivity contribution is 5.82. The Balaban J connectivity index is 1.57. The van der Waals surface area contributed by atoms with Gasteiger partial charge in [0.1, 0.15) is 6.04 Å². The zero-order chi connectivity index (χ0) is 16.8. The van der Waals surface area contributed by atoms with E-state index in [4.69, 9.17) is 5.11 Å². The van der Waals surface area contributed by atoms with Crippen LogP contribution in [-0.2, 0) is 4.79 Å². The molecular formula is C15H21F3N2O3. The van der Waals surface area contributed by atoms with E-state index >= 15 is 0 Å². The summed E-state index contributed by atoms with van der Waals surface area (Å²) in [5.74, 6) is 0.513. The lowest BCUT2D eigenvalue weighted by Crippen LogP contribution is -2.59. The van der Waals surface area contributed by atoms with Crippen molar-refractivity contribution in [2.45, 2.75) is 56.8 Å². The molecule has 1 atom stereocenters. The van der Waals surface area contributed by atoms with Crippen LogP contribution in [-0.4, -0.2) is 35.4 Å². The molecule has 4 fully saturated rings. The number of alkyl halides is 3. The van der Waals surface area contributed by atoms with Gasteiger partial charge < -0.3 is 15.7 Å².